The second-order valence-corrected chi connectivity index (χ2v) is 8.29. The van der Waals surface area contributed by atoms with Gasteiger partial charge in [0.15, 0.2) is 0 Å². The van der Waals surface area contributed by atoms with E-state index in [0.29, 0.717) is 10.6 Å². The number of amides is 1. The minimum absolute atomic E-state index is 0.0779. The summed E-state index contributed by atoms with van der Waals surface area (Å²) < 4.78 is 35.6. The molecular formula is C13H13BFN3O3S2. The third kappa shape index (κ3) is 4.83. The van der Waals surface area contributed by atoms with Crippen LogP contribution in [0.3, 0.4) is 0 Å². The molecule has 2 rings (SSSR count). The average molecular weight is 353 g/mol. The van der Waals surface area contributed by atoms with Gasteiger partial charge in [0, 0.05) is 29.5 Å². The molecule has 6 nitrogen and oxygen atoms in total. The van der Waals surface area contributed by atoms with Gasteiger partial charge < -0.3 is 5.32 Å². The van der Waals surface area contributed by atoms with E-state index in [1.807, 2.05) is 0 Å². The fourth-order valence-electron chi connectivity index (χ4n) is 1.84. The van der Waals surface area contributed by atoms with Crippen LogP contribution in [0.25, 0.3) is 10.6 Å². The maximum Gasteiger partial charge on any atom is 0.228 e. The molecule has 0 saturated carbocycles. The van der Waals surface area contributed by atoms with Crippen LogP contribution in [0, 0.1) is 11.7 Å². The lowest BCUT2D eigenvalue weighted by Crippen LogP contribution is -2.28. The Morgan fingerprint density at radius 2 is 2.17 bits per heavy atom. The van der Waals surface area contributed by atoms with Crippen molar-refractivity contribution in [1.82, 2.24) is 9.97 Å². The van der Waals surface area contributed by atoms with Crippen molar-refractivity contribution in [1.29, 1.82) is 0 Å². The number of nitrogens with one attached hydrogen (secondary N) is 1. The normalized spacial score (nSPS) is 12.8. The molecule has 120 valence electrons. The first-order chi connectivity index (χ1) is 10.7. The number of hydrogen-bond donors (Lipinski definition) is 1. The zero-order chi connectivity index (χ0) is 17.2. The molecule has 0 aromatic carbocycles. The largest absolute Gasteiger partial charge is 0.317 e. The topological polar surface area (TPSA) is 89.0 Å². The molecule has 0 aliphatic carbocycles. The van der Waals surface area contributed by atoms with E-state index in [4.69, 9.17) is 7.85 Å². The Bertz CT molecular complexity index is 839. The van der Waals surface area contributed by atoms with Gasteiger partial charge in [-0.2, -0.15) is 0 Å². The summed E-state index contributed by atoms with van der Waals surface area (Å²) in [6.45, 7) is 1.50. The summed E-state index contributed by atoms with van der Waals surface area (Å²) in [6, 6.07) is 1.25. The van der Waals surface area contributed by atoms with Crippen molar-refractivity contribution in [3.8, 4) is 10.6 Å². The van der Waals surface area contributed by atoms with Crippen molar-refractivity contribution < 1.29 is 17.6 Å². The van der Waals surface area contributed by atoms with E-state index in [1.54, 1.807) is 0 Å². The van der Waals surface area contributed by atoms with Crippen molar-refractivity contribution in [3.05, 3.63) is 24.3 Å². The van der Waals surface area contributed by atoms with Gasteiger partial charge in [-0.3, -0.25) is 14.8 Å². The van der Waals surface area contributed by atoms with Crippen LogP contribution < -0.4 is 10.9 Å². The fourth-order valence-corrected chi connectivity index (χ4v) is 3.77. The summed E-state index contributed by atoms with van der Waals surface area (Å²) in [5, 5.41) is 3.24. The van der Waals surface area contributed by atoms with Crippen molar-refractivity contribution in [3.63, 3.8) is 0 Å². The quantitative estimate of drug-likeness (QED) is 0.802. The molecule has 2 aromatic heterocycles. The first kappa shape index (κ1) is 17.5. The zero-order valence-corrected chi connectivity index (χ0v) is 14.0. The van der Waals surface area contributed by atoms with Crippen LogP contribution in [-0.4, -0.2) is 44.1 Å². The minimum atomic E-state index is -3.27. The van der Waals surface area contributed by atoms with Gasteiger partial charge >= 0.3 is 0 Å². The Labute approximate surface area is 138 Å². The van der Waals surface area contributed by atoms with Gasteiger partial charge in [-0.25, -0.2) is 12.8 Å². The smallest absolute Gasteiger partial charge is 0.228 e. The summed E-state index contributed by atoms with van der Waals surface area (Å²) in [5.74, 6) is -1.98. The molecule has 1 amide bonds. The predicted molar refractivity (Wildman–Crippen MR) is 88.2 cm³/mol. The lowest BCUT2D eigenvalue weighted by atomic mass is 10.1. The van der Waals surface area contributed by atoms with Gasteiger partial charge in [-0.05, 0) is 6.07 Å². The number of hydrogen-bond acceptors (Lipinski definition) is 6. The van der Waals surface area contributed by atoms with Crippen LogP contribution in [0.15, 0.2) is 18.5 Å². The summed E-state index contributed by atoms with van der Waals surface area (Å²) >= 11 is 1.06. The highest BCUT2D eigenvalue weighted by molar-refractivity contribution is 7.90. The molecule has 2 aromatic rings. The Kier molecular flexibility index (Phi) is 5.15. The SMILES string of the molecule is [B]c1nc(-c2cncc(F)c2)sc1NC(=O)C(C)CS(C)(=O)=O. The van der Waals surface area contributed by atoms with Crippen LogP contribution in [0.5, 0.6) is 0 Å². The number of halogens is 1. The molecule has 0 aliphatic heterocycles. The van der Waals surface area contributed by atoms with Crippen molar-refractivity contribution in [2.45, 2.75) is 6.92 Å². The highest BCUT2D eigenvalue weighted by Crippen LogP contribution is 2.27. The molecule has 0 bridgehead atoms. The van der Waals surface area contributed by atoms with Gasteiger partial charge in [0.1, 0.15) is 33.5 Å². The number of carbonyl (C=O) groups is 1. The highest BCUT2D eigenvalue weighted by Gasteiger charge is 2.20. The van der Waals surface area contributed by atoms with Gasteiger partial charge in [0.05, 0.1) is 11.9 Å². The van der Waals surface area contributed by atoms with Gasteiger partial charge in [-0.15, -0.1) is 0 Å². The predicted octanol–water partition coefficient (Wildman–Crippen LogP) is 0.757. The maximum absolute atomic E-state index is 13.2. The van der Waals surface area contributed by atoms with E-state index in [2.05, 4.69) is 15.3 Å². The van der Waals surface area contributed by atoms with Crippen LogP contribution in [-0.2, 0) is 14.6 Å². The van der Waals surface area contributed by atoms with E-state index in [1.165, 1.54) is 19.2 Å². The Balaban J connectivity index is 2.17. The second kappa shape index (κ2) is 6.75. The number of sulfone groups is 1. The van der Waals surface area contributed by atoms with Gasteiger partial charge in [0.25, 0.3) is 0 Å². The Morgan fingerprint density at radius 3 is 2.78 bits per heavy atom. The Hall–Kier alpha value is -1.81. The first-order valence-electron chi connectivity index (χ1n) is 6.51. The highest BCUT2D eigenvalue weighted by atomic mass is 32.2. The lowest BCUT2D eigenvalue weighted by molar-refractivity contribution is -0.118. The van der Waals surface area contributed by atoms with E-state index in [-0.39, 0.29) is 16.3 Å². The number of anilines is 1. The maximum atomic E-state index is 13.2. The second-order valence-electron chi connectivity index (χ2n) is 5.11. The summed E-state index contributed by atoms with van der Waals surface area (Å²) in [4.78, 5) is 19.8. The molecule has 0 aliphatic rings. The standard InChI is InChI=1S/C13H13BFN3O3S2/c1-7(6-23(2,20)21)11(19)18-13-10(14)17-12(22-13)8-3-9(15)5-16-4-8/h3-5,7H,6H2,1-2H3,(H,18,19). The van der Waals surface area contributed by atoms with Crippen LogP contribution in [0.2, 0.25) is 0 Å². The molecule has 1 unspecified atom stereocenters. The average Bonchev–Trinajstić information content (AvgIpc) is 2.78. The van der Waals surface area contributed by atoms with E-state index in [9.17, 15) is 17.6 Å². The molecule has 23 heavy (non-hydrogen) atoms. The molecule has 0 spiro atoms. The van der Waals surface area contributed by atoms with E-state index < -0.39 is 27.5 Å². The summed E-state index contributed by atoms with van der Waals surface area (Å²) in [6.07, 6.45) is 3.56. The molecule has 2 heterocycles. The number of thiazole rings is 1. The number of pyridine rings is 1. The molecule has 1 atom stereocenters. The molecule has 10 heteroatoms. The van der Waals surface area contributed by atoms with E-state index in [0.717, 1.165) is 23.8 Å². The number of nitrogens with zero attached hydrogens (tertiary/aromatic N) is 2. The third-order valence-electron chi connectivity index (χ3n) is 2.84. The van der Waals surface area contributed by atoms with E-state index >= 15 is 0 Å². The van der Waals surface area contributed by atoms with Gasteiger partial charge in [0.2, 0.25) is 5.91 Å². The molecule has 0 saturated heterocycles. The minimum Gasteiger partial charge on any atom is -0.317 e. The number of carbonyl (C=O) groups excluding carboxylic acids is 1. The molecular weight excluding hydrogens is 340 g/mol. The van der Waals surface area contributed by atoms with Crippen molar-refractivity contribution in [2.24, 2.45) is 5.92 Å². The molecule has 1 N–H and O–H groups in total. The van der Waals surface area contributed by atoms with Crippen molar-refractivity contribution in [2.75, 3.05) is 17.3 Å². The summed E-state index contributed by atoms with van der Waals surface area (Å²) in [5.41, 5.74) is 0.514. The molecule has 2 radical (unpaired) electrons. The third-order valence-corrected chi connectivity index (χ3v) is 4.98. The monoisotopic (exact) mass is 353 g/mol. The van der Waals surface area contributed by atoms with Crippen LogP contribution in [0.4, 0.5) is 9.39 Å². The van der Waals surface area contributed by atoms with Gasteiger partial charge in [-0.1, -0.05) is 18.3 Å². The summed E-state index contributed by atoms with van der Waals surface area (Å²) in [7, 11) is 2.48. The lowest BCUT2D eigenvalue weighted by Gasteiger charge is -2.10. The van der Waals surface area contributed by atoms with Crippen LogP contribution >= 0.6 is 11.3 Å². The first-order valence-corrected chi connectivity index (χ1v) is 9.39. The number of aromatic nitrogens is 2. The molecule has 0 fully saturated rings. The zero-order valence-electron chi connectivity index (χ0n) is 12.4. The fraction of sp³-hybridized carbons (Fsp3) is 0.308. The van der Waals surface area contributed by atoms with Crippen LogP contribution in [0.1, 0.15) is 6.92 Å². The Morgan fingerprint density at radius 1 is 1.48 bits per heavy atom. The number of rotatable bonds is 5. The van der Waals surface area contributed by atoms with Crippen molar-refractivity contribution >= 4 is 45.5 Å².